The largest absolute Gasteiger partial charge is 0.220 e. The molecular formula is C25H30N+. The minimum absolute atomic E-state index is 0.895. The van der Waals surface area contributed by atoms with E-state index in [0.717, 1.165) is 5.92 Å². The molecule has 0 N–H and O–H groups in total. The standard InChI is InChI=1S/C25H30N/c1-17-9-10-18(2)24(13-17)25-23-12-11-21(15-20-7-5-6-8-20)16-22(23)14-19(3)26(25)4/h9-14,16,20H,5-8,15H2,1-4H3/q+1. The first-order valence-electron chi connectivity index (χ1n) is 10.0. The highest BCUT2D eigenvalue weighted by atomic mass is 14.9. The Morgan fingerprint density at radius 2 is 1.69 bits per heavy atom. The first-order valence-corrected chi connectivity index (χ1v) is 10.0. The predicted octanol–water partition coefficient (Wildman–Crippen LogP) is 5.99. The van der Waals surface area contributed by atoms with Crippen molar-refractivity contribution < 1.29 is 4.57 Å². The zero-order valence-electron chi connectivity index (χ0n) is 16.6. The summed E-state index contributed by atoms with van der Waals surface area (Å²) in [6, 6.07) is 16.3. The third kappa shape index (κ3) is 3.16. The van der Waals surface area contributed by atoms with Crippen LogP contribution in [0, 0.1) is 26.7 Å². The number of rotatable bonds is 3. The van der Waals surface area contributed by atoms with Gasteiger partial charge >= 0.3 is 0 Å². The van der Waals surface area contributed by atoms with Gasteiger partial charge in [-0.3, -0.25) is 0 Å². The van der Waals surface area contributed by atoms with E-state index in [1.54, 1.807) is 0 Å². The Kier molecular flexibility index (Phi) is 4.56. The molecule has 4 rings (SSSR count). The smallest absolute Gasteiger partial charge is 0.198 e. The van der Waals surface area contributed by atoms with Crippen LogP contribution in [0.2, 0.25) is 0 Å². The van der Waals surface area contributed by atoms with Gasteiger partial charge in [0.15, 0.2) is 5.69 Å². The summed E-state index contributed by atoms with van der Waals surface area (Å²) in [7, 11) is 2.19. The fourth-order valence-corrected chi connectivity index (χ4v) is 4.62. The third-order valence-corrected chi connectivity index (χ3v) is 6.25. The summed E-state index contributed by atoms with van der Waals surface area (Å²) in [4.78, 5) is 0. The molecule has 2 aromatic carbocycles. The topological polar surface area (TPSA) is 3.88 Å². The van der Waals surface area contributed by atoms with Crippen LogP contribution >= 0.6 is 0 Å². The molecule has 26 heavy (non-hydrogen) atoms. The normalized spacial score (nSPS) is 15.1. The maximum Gasteiger partial charge on any atom is 0.220 e. The molecule has 0 spiro atoms. The summed E-state index contributed by atoms with van der Waals surface area (Å²) >= 11 is 0. The molecule has 1 nitrogen and oxygen atoms in total. The summed E-state index contributed by atoms with van der Waals surface area (Å²) in [6.45, 7) is 6.62. The van der Waals surface area contributed by atoms with Crippen molar-refractivity contribution in [1.29, 1.82) is 0 Å². The quantitative estimate of drug-likeness (QED) is 0.514. The molecule has 0 radical (unpaired) electrons. The van der Waals surface area contributed by atoms with E-state index in [1.807, 2.05) is 0 Å². The van der Waals surface area contributed by atoms with Gasteiger partial charge in [-0.25, -0.2) is 0 Å². The summed E-state index contributed by atoms with van der Waals surface area (Å²) in [5.41, 5.74) is 8.17. The van der Waals surface area contributed by atoms with Crippen LogP contribution in [-0.4, -0.2) is 0 Å². The maximum atomic E-state index is 2.44. The SMILES string of the molecule is Cc1ccc(C)c(-c2c3ccc(CC4CCCC4)cc3cc(C)[n+]2C)c1. The van der Waals surface area contributed by atoms with Crippen LogP contribution in [0.4, 0.5) is 0 Å². The van der Waals surface area contributed by atoms with Gasteiger partial charge in [-0.1, -0.05) is 55.5 Å². The molecule has 0 saturated heterocycles. The molecule has 1 heterocycles. The zero-order chi connectivity index (χ0) is 18.3. The number of nitrogens with zero attached hydrogens (tertiary/aromatic N) is 1. The second-order valence-electron chi connectivity index (χ2n) is 8.29. The Labute approximate surface area is 157 Å². The van der Waals surface area contributed by atoms with Gasteiger partial charge in [-0.15, -0.1) is 0 Å². The zero-order valence-corrected chi connectivity index (χ0v) is 16.6. The van der Waals surface area contributed by atoms with Gasteiger partial charge < -0.3 is 0 Å². The van der Waals surface area contributed by atoms with Gasteiger partial charge in [0.05, 0.1) is 5.39 Å². The van der Waals surface area contributed by atoms with E-state index in [0.29, 0.717) is 0 Å². The van der Waals surface area contributed by atoms with Crippen LogP contribution in [0.5, 0.6) is 0 Å². The first-order chi connectivity index (χ1) is 12.5. The number of hydrogen-bond donors (Lipinski definition) is 0. The van der Waals surface area contributed by atoms with Crippen molar-refractivity contribution in [2.24, 2.45) is 13.0 Å². The first kappa shape index (κ1) is 17.3. The van der Waals surface area contributed by atoms with Crippen molar-refractivity contribution in [1.82, 2.24) is 0 Å². The minimum atomic E-state index is 0.895. The van der Waals surface area contributed by atoms with Gasteiger partial charge in [0.1, 0.15) is 7.05 Å². The Bertz CT molecular complexity index is 962. The van der Waals surface area contributed by atoms with Crippen molar-refractivity contribution in [3.63, 3.8) is 0 Å². The number of pyridine rings is 1. The lowest BCUT2D eigenvalue weighted by Gasteiger charge is -2.13. The van der Waals surface area contributed by atoms with Crippen LogP contribution in [0.1, 0.15) is 48.1 Å². The van der Waals surface area contributed by atoms with Crippen molar-refractivity contribution in [2.75, 3.05) is 0 Å². The lowest BCUT2D eigenvalue weighted by molar-refractivity contribution is -0.665. The maximum absolute atomic E-state index is 2.44. The highest BCUT2D eigenvalue weighted by Gasteiger charge is 2.21. The van der Waals surface area contributed by atoms with E-state index in [2.05, 4.69) is 74.9 Å². The van der Waals surface area contributed by atoms with Crippen molar-refractivity contribution >= 4 is 10.8 Å². The van der Waals surface area contributed by atoms with Crippen molar-refractivity contribution in [3.05, 3.63) is 64.8 Å². The molecule has 1 aliphatic carbocycles. The molecule has 0 bridgehead atoms. The average Bonchev–Trinajstić information content (AvgIpc) is 3.12. The summed E-state index contributed by atoms with van der Waals surface area (Å²) in [5.74, 6) is 0.895. The second kappa shape index (κ2) is 6.87. The van der Waals surface area contributed by atoms with E-state index < -0.39 is 0 Å². The van der Waals surface area contributed by atoms with Gasteiger partial charge in [-0.05, 0) is 54.8 Å². The molecule has 0 unspecified atom stereocenters. The molecule has 1 fully saturated rings. The molecule has 0 amide bonds. The summed E-state index contributed by atoms with van der Waals surface area (Å²) in [5, 5.41) is 2.74. The van der Waals surface area contributed by atoms with E-state index >= 15 is 0 Å². The Morgan fingerprint density at radius 3 is 2.46 bits per heavy atom. The number of fused-ring (bicyclic) bond motifs is 1. The van der Waals surface area contributed by atoms with Crippen LogP contribution < -0.4 is 4.57 Å². The van der Waals surface area contributed by atoms with Gasteiger partial charge in [-0.2, -0.15) is 4.57 Å². The lowest BCUT2D eigenvalue weighted by Crippen LogP contribution is -2.35. The highest BCUT2D eigenvalue weighted by molar-refractivity contribution is 5.94. The number of hydrogen-bond acceptors (Lipinski definition) is 0. The Morgan fingerprint density at radius 1 is 0.923 bits per heavy atom. The van der Waals surface area contributed by atoms with E-state index in [4.69, 9.17) is 0 Å². The minimum Gasteiger partial charge on any atom is -0.198 e. The Balaban J connectivity index is 1.86. The molecule has 134 valence electrons. The fourth-order valence-electron chi connectivity index (χ4n) is 4.62. The second-order valence-corrected chi connectivity index (χ2v) is 8.29. The van der Waals surface area contributed by atoms with Crippen LogP contribution in [0.15, 0.2) is 42.5 Å². The monoisotopic (exact) mass is 344 g/mol. The van der Waals surface area contributed by atoms with E-state index in [-0.39, 0.29) is 0 Å². The van der Waals surface area contributed by atoms with Crippen LogP contribution in [-0.2, 0) is 13.5 Å². The Hall–Kier alpha value is -2.15. The molecule has 0 atom stereocenters. The number of benzene rings is 2. The molecular weight excluding hydrogens is 314 g/mol. The average molecular weight is 345 g/mol. The summed E-state index contributed by atoms with van der Waals surface area (Å²) < 4.78 is 2.35. The lowest BCUT2D eigenvalue weighted by atomic mass is 9.93. The molecule has 1 aromatic heterocycles. The third-order valence-electron chi connectivity index (χ3n) is 6.25. The molecule has 1 heteroatoms. The van der Waals surface area contributed by atoms with Gasteiger partial charge in [0, 0.05) is 18.6 Å². The van der Waals surface area contributed by atoms with Crippen molar-refractivity contribution in [3.8, 4) is 11.3 Å². The fraction of sp³-hybridized carbons (Fsp3) is 0.400. The highest BCUT2D eigenvalue weighted by Crippen LogP contribution is 2.32. The predicted molar refractivity (Wildman–Crippen MR) is 110 cm³/mol. The number of aromatic nitrogens is 1. The van der Waals surface area contributed by atoms with Gasteiger partial charge in [0.2, 0.25) is 5.69 Å². The van der Waals surface area contributed by atoms with Crippen LogP contribution in [0.25, 0.3) is 22.0 Å². The molecule has 0 aliphatic heterocycles. The number of aryl methyl sites for hydroxylation is 3. The summed E-state index contributed by atoms with van der Waals surface area (Å²) in [6.07, 6.45) is 6.91. The van der Waals surface area contributed by atoms with E-state index in [1.165, 1.54) is 76.5 Å². The van der Waals surface area contributed by atoms with Crippen molar-refractivity contribution in [2.45, 2.75) is 52.9 Å². The molecule has 3 aromatic rings. The van der Waals surface area contributed by atoms with E-state index in [9.17, 15) is 0 Å². The van der Waals surface area contributed by atoms with Gasteiger partial charge in [0.25, 0.3) is 0 Å². The molecule has 1 aliphatic rings. The molecule has 1 saturated carbocycles. The van der Waals surface area contributed by atoms with Crippen LogP contribution in [0.3, 0.4) is 0 Å².